The first kappa shape index (κ1) is 9.84. The highest BCUT2D eigenvalue weighted by molar-refractivity contribution is 5.82. The van der Waals surface area contributed by atoms with Crippen molar-refractivity contribution >= 4 is 16.9 Å². The van der Waals surface area contributed by atoms with Gasteiger partial charge in [-0.1, -0.05) is 0 Å². The third-order valence-corrected chi connectivity index (χ3v) is 2.62. The molecule has 17 heavy (non-hydrogen) atoms. The summed E-state index contributed by atoms with van der Waals surface area (Å²) in [6, 6.07) is 9.76. The Morgan fingerprint density at radius 3 is 2.82 bits per heavy atom. The maximum absolute atomic E-state index is 5.65. The minimum atomic E-state index is 0.298. The first-order chi connectivity index (χ1) is 8.22. The Labute approximate surface area is 98.1 Å². The van der Waals surface area contributed by atoms with E-state index in [1.807, 2.05) is 37.3 Å². The highest BCUT2D eigenvalue weighted by Crippen LogP contribution is 2.24. The molecule has 0 aliphatic heterocycles. The minimum Gasteiger partial charge on any atom is -0.464 e. The number of nitrogens with zero attached hydrogens (tertiary/aromatic N) is 2. The molecule has 0 aliphatic rings. The van der Waals surface area contributed by atoms with Gasteiger partial charge in [0.1, 0.15) is 5.58 Å². The number of nitrogen functional groups attached to an aromatic ring is 1. The number of benzene rings is 1. The summed E-state index contributed by atoms with van der Waals surface area (Å²) in [4.78, 5) is 8.29. The van der Waals surface area contributed by atoms with Crippen molar-refractivity contribution in [3.63, 3.8) is 0 Å². The molecule has 0 fully saturated rings. The van der Waals surface area contributed by atoms with Gasteiger partial charge in [-0.2, -0.15) is 0 Å². The van der Waals surface area contributed by atoms with Gasteiger partial charge in [0.25, 0.3) is 0 Å². The smallest absolute Gasteiger partial charge is 0.220 e. The lowest BCUT2D eigenvalue weighted by molar-refractivity contribution is 0.616. The molecule has 0 aliphatic carbocycles. The summed E-state index contributed by atoms with van der Waals surface area (Å²) in [5.74, 6) is 0.298. The predicted octanol–water partition coefficient (Wildman–Crippen LogP) is 2.78. The second-order valence-electron chi connectivity index (χ2n) is 3.93. The molecule has 0 spiro atoms. The summed E-state index contributed by atoms with van der Waals surface area (Å²) in [5.41, 5.74) is 9.22. The van der Waals surface area contributed by atoms with E-state index < -0.39 is 0 Å². The fraction of sp³-hybridized carbons (Fsp3) is 0.0769. The lowest BCUT2D eigenvalue weighted by Crippen LogP contribution is -1.98. The second-order valence-corrected chi connectivity index (χ2v) is 3.93. The number of aromatic nitrogens is 2. The lowest BCUT2D eigenvalue weighted by Gasteiger charge is -2.03. The van der Waals surface area contributed by atoms with Crippen LogP contribution in [-0.2, 0) is 0 Å². The topological polar surface area (TPSA) is 64.9 Å². The maximum atomic E-state index is 5.65. The molecule has 0 saturated heterocycles. The van der Waals surface area contributed by atoms with E-state index in [2.05, 4.69) is 9.97 Å². The number of hydrogen-bond acceptors (Lipinski definition) is 4. The Morgan fingerprint density at radius 2 is 2.00 bits per heavy atom. The van der Waals surface area contributed by atoms with E-state index in [9.17, 15) is 0 Å². The van der Waals surface area contributed by atoms with Gasteiger partial charge in [0.05, 0.1) is 12.0 Å². The molecule has 1 aromatic carbocycles. The van der Waals surface area contributed by atoms with Gasteiger partial charge in [-0.15, -0.1) is 0 Å². The van der Waals surface area contributed by atoms with Gasteiger partial charge in [0.2, 0.25) is 5.95 Å². The van der Waals surface area contributed by atoms with E-state index in [1.165, 1.54) is 0 Å². The van der Waals surface area contributed by atoms with Crippen molar-refractivity contribution < 1.29 is 4.42 Å². The second kappa shape index (κ2) is 3.59. The fourth-order valence-corrected chi connectivity index (χ4v) is 1.87. The van der Waals surface area contributed by atoms with Gasteiger partial charge in [-0.25, -0.2) is 9.97 Å². The molecule has 2 N–H and O–H groups in total. The molecule has 0 amide bonds. The Kier molecular flexibility index (Phi) is 2.08. The van der Waals surface area contributed by atoms with Crippen molar-refractivity contribution in [2.24, 2.45) is 0 Å². The number of fused-ring (bicyclic) bond motifs is 1. The van der Waals surface area contributed by atoms with Crippen molar-refractivity contribution in [3.8, 4) is 11.3 Å². The van der Waals surface area contributed by atoms with Gasteiger partial charge < -0.3 is 10.2 Å². The van der Waals surface area contributed by atoms with Crippen LogP contribution in [0.3, 0.4) is 0 Å². The summed E-state index contributed by atoms with van der Waals surface area (Å²) in [6.45, 7) is 1.90. The number of anilines is 1. The largest absolute Gasteiger partial charge is 0.464 e. The highest BCUT2D eigenvalue weighted by Gasteiger charge is 2.04. The van der Waals surface area contributed by atoms with E-state index in [-0.39, 0.29) is 0 Å². The lowest BCUT2D eigenvalue weighted by atomic mass is 10.1. The molecule has 3 aromatic rings. The SMILES string of the molecule is Cc1cc(-c2ccc3occc3c2)nc(N)n1. The predicted molar refractivity (Wildman–Crippen MR) is 66.4 cm³/mol. The van der Waals surface area contributed by atoms with Crippen LogP contribution in [0.4, 0.5) is 5.95 Å². The highest BCUT2D eigenvalue weighted by atomic mass is 16.3. The van der Waals surface area contributed by atoms with Crippen molar-refractivity contribution in [2.75, 3.05) is 5.73 Å². The average molecular weight is 225 g/mol. The Balaban J connectivity index is 2.19. The molecule has 0 radical (unpaired) electrons. The van der Waals surface area contributed by atoms with Gasteiger partial charge in [-0.05, 0) is 37.3 Å². The van der Waals surface area contributed by atoms with Crippen molar-refractivity contribution in [1.82, 2.24) is 9.97 Å². The van der Waals surface area contributed by atoms with Crippen LogP contribution in [-0.4, -0.2) is 9.97 Å². The molecule has 0 unspecified atom stereocenters. The summed E-state index contributed by atoms with van der Waals surface area (Å²) < 4.78 is 5.30. The van der Waals surface area contributed by atoms with Gasteiger partial charge in [-0.3, -0.25) is 0 Å². The zero-order chi connectivity index (χ0) is 11.8. The van der Waals surface area contributed by atoms with Gasteiger partial charge in [0.15, 0.2) is 0 Å². The molecule has 2 aromatic heterocycles. The molecule has 84 valence electrons. The van der Waals surface area contributed by atoms with Crippen molar-refractivity contribution in [2.45, 2.75) is 6.92 Å². The van der Waals surface area contributed by atoms with E-state index in [0.717, 1.165) is 27.9 Å². The monoisotopic (exact) mass is 225 g/mol. The van der Waals surface area contributed by atoms with Crippen molar-refractivity contribution in [3.05, 3.63) is 42.3 Å². The zero-order valence-electron chi connectivity index (χ0n) is 9.34. The van der Waals surface area contributed by atoms with Gasteiger partial charge >= 0.3 is 0 Å². The van der Waals surface area contributed by atoms with Gasteiger partial charge in [0, 0.05) is 16.6 Å². The standard InChI is InChI=1S/C13H11N3O/c1-8-6-11(16-13(14)15-8)9-2-3-12-10(7-9)4-5-17-12/h2-7H,1H3,(H2,14,15,16). The quantitative estimate of drug-likeness (QED) is 0.691. The minimum absolute atomic E-state index is 0.298. The summed E-state index contributed by atoms with van der Waals surface area (Å²) in [5, 5.41) is 1.05. The first-order valence-corrected chi connectivity index (χ1v) is 5.31. The van der Waals surface area contributed by atoms with Crippen LogP contribution in [0, 0.1) is 6.92 Å². The maximum Gasteiger partial charge on any atom is 0.220 e. The average Bonchev–Trinajstić information content (AvgIpc) is 2.74. The Morgan fingerprint density at radius 1 is 1.12 bits per heavy atom. The summed E-state index contributed by atoms with van der Waals surface area (Å²) in [6.07, 6.45) is 1.67. The van der Waals surface area contributed by atoms with E-state index >= 15 is 0 Å². The molecule has 4 nitrogen and oxygen atoms in total. The molecule has 0 atom stereocenters. The van der Waals surface area contributed by atoms with Crippen molar-refractivity contribution in [1.29, 1.82) is 0 Å². The van der Waals surface area contributed by atoms with Crippen LogP contribution in [0.2, 0.25) is 0 Å². The van der Waals surface area contributed by atoms with E-state index in [0.29, 0.717) is 5.95 Å². The first-order valence-electron chi connectivity index (χ1n) is 5.31. The number of furan rings is 1. The normalized spacial score (nSPS) is 10.9. The van der Waals surface area contributed by atoms with E-state index in [4.69, 9.17) is 10.2 Å². The molecule has 3 rings (SSSR count). The molecule has 0 saturated carbocycles. The zero-order valence-corrected chi connectivity index (χ0v) is 9.34. The number of hydrogen-bond donors (Lipinski definition) is 1. The van der Waals surface area contributed by atoms with Crippen LogP contribution >= 0.6 is 0 Å². The summed E-state index contributed by atoms with van der Waals surface area (Å²) in [7, 11) is 0. The van der Waals surface area contributed by atoms with Crippen LogP contribution in [0.1, 0.15) is 5.69 Å². The van der Waals surface area contributed by atoms with Crippen LogP contribution in [0.25, 0.3) is 22.2 Å². The third kappa shape index (κ3) is 1.73. The van der Waals surface area contributed by atoms with Crippen LogP contribution < -0.4 is 5.73 Å². The fourth-order valence-electron chi connectivity index (χ4n) is 1.87. The Bertz CT molecular complexity index is 668. The molecule has 0 bridgehead atoms. The summed E-state index contributed by atoms with van der Waals surface area (Å²) >= 11 is 0. The number of rotatable bonds is 1. The molecule has 4 heteroatoms. The van der Waals surface area contributed by atoms with Crippen LogP contribution in [0.5, 0.6) is 0 Å². The molecular weight excluding hydrogens is 214 g/mol. The van der Waals surface area contributed by atoms with E-state index in [1.54, 1.807) is 6.26 Å². The Hall–Kier alpha value is -2.36. The number of aryl methyl sites for hydroxylation is 1. The third-order valence-electron chi connectivity index (χ3n) is 2.62. The van der Waals surface area contributed by atoms with Crippen LogP contribution in [0.15, 0.2) is 41.0 Å². The number of nitrogens with two attached hydrogens (primary N) is 1. The molecule has 2 heterocycles. The molecular formula is C13H11N3O.